The predicted molar refractivity (Wildman–Crippen MR) is 59.6 cm³/mol. The zero-order chi connectivity index (χ0) is 12.3. The van der Waals surface area contributed by atoms with Crippen molar-refractivity contribution in [1.82, 2.24) is 10.3 Å². The number of hydrogen-bond donors (Lipinski definition) is 1. The van der Waals surface area contributed by atoms with Crippen LogP contribution in [0.15, 0.2) is 12.3 Å². The highest BCUT2D eigenvalue weighted by atomic mass is 35.5. The third kappa shape index (κ3) is 2.94. The average molecular weight is 241 g/mol. The van der Waals surface area contributed by atoms with Crippen molar-refractivity contribution < 1.29 is 9.18 Å². The van der Waals surface area contributed by atoms with E-state index in [-0.39, 0.29) is 10.7 Å². The van der Waals surface area contributed by atoms with Crippen molar-refractivity contribution >= 4 is 17.5 Å². The molecule has 0 unspecified atom stereocenters. The molecule has 0 atom stereocenters. The molecule has 5 heteroatoms. The minimum Gasteiger partial charge on any atom is -0.336 e. The van der Waals surface area contributed by atoms with Crippen molar-refractivity contribution in [2.75, 3.05) is 0 Å². The maximum absolute atomic E-state index is 12.9. The summed E-state index contributed by atoms with van der Waals surface area (Å²) in [6, 6.07) is 1.01. The summed E-state index contributed by atoms with van der Waals surface area (Å²) in [5.41, 5.74) is -0.864. The highest BCUT2D eigenvalue weighted by Crippen LogP contribution is 2.14. The van der Waals surface area contributed by atoms with Crippen LogP contribution in [0, 0.1) is 18.2 Å². The molecular weight excluding hydrogens is 231 g/mol. The zero-order valence-corrected chi connectivity index (χ0v) is 9.60. The summed E-state index contributed by atoms with van der Waals surface area (Å²) in [6.45, 7) is 3.29. The van der Waals surface area contributed by atoms with Gasteiger partial charge < -0.3 is 5.32 Å². The fourth-order valence-corrected chi connectivity index (χ4v) is 1.16. The SMILES string of the molecule is C#CC(C)(C)NC(=O)c1cc(F)cnc1Cl. The summed E-state index contributed by atoms with van der Waals surface area (Å²) in [5.74, 6) is 1.20. The van der Waals surface area contributed by atoms with E-state index in [9.17, 15) is 9.18 Å². The number of carbonyl (C=O) groups excluding carboxylic acids is 1. The lowest BCUT2D eigenvalue weighted by atomic mass is 10.1. The van der Waals surface area contributed by atoms with Crippen LogP contribution >= 0.6 is 11.6 Å². The first-order valence-electron chi connectivity index (χ1n) is 4.47. The van der Waals surface area contributed by atoms with Crippen LogP contribution in [-0.4, -0.2) is 16.4 Å². The Kier molecular flexibility index (Phi) is 3.51. The predicted octanol–water partition coefficient (Wildman–Crippen LogP) is 2.02. The molecule has 0 aliphatic rings. The highest BCUT2D eigenvalue weighted by molar-refractivity contribution is 6.32. The van der Waals surface area contributed by atoms with E-state index in [2.05, 4.69) is 16.2 Å². The van der Waals surface area contributed by atoms with Crippen LogP contribution in [0.1, 0.15) is 24.2 Å². The Labute approximate surface area is 98.0 Å². The lowest BCUT2D eigenvalue weighted by Gasteiger charge is -2.19. The average Bonchev–Trinajstić information content (AvgIpc) is 2.21. The minimum absolute atomic E-state index is 0.0370. The molecule has 0 aliphatic heterocycles. The van der Waals surface area contributed by atoms with Crippen molar-refractivity contribution in [2.45, 2.75) is 19.4 Å². The summed E-state index contributed by atoms with van der Waals surface area (Å²) < 4.78 is 12.9. The largest absolute Gasteiger partial charge is 0.336 e. The van der Waals surface area contributed by atoms with Gasteiger partial charge in [-0.15, -0.1) is 6.42 Å². The topological polar surface area (TPSA) is 42.0 Å². The van der Waals surface area contributed by atoms with Crippen LogP contribution in [0.25, 0.3) is 0 Å². The fourth-order valence-electron chi connectivity index (χ4n) is 0.969. The van der Waals surface area contributed by atoms with Gasteiger partial charge in [-0.25, -0.2) is 9.37 Å². The normalized spacial score (nSPS) is 10.7. The molecular formula is C11H10ClFN2O. The van der Waals surface area contributed by atoms with Crippen LogP contribution in [0.3, 0.4) is 0 Å². The second-order valence-corrected chi connectivity index (χ2v) is 4.07. The van der Waals surface area contributed by atoms with E-state index in [1.165, 1.54) is 0 Å². The summed E-state index contributed by atoms with van der Waals surface area (Å²) in [6.07, 6.45) is 6.15. The molecule has 1 aromatic rings. The molecule has 0 aliphatic carbocycles. The van der Waals surface area contributed by atoms with Crippen LogP contribution < -0.4 is 5.32 Å². The van der Waals surface area contributed by atoms with Crippen LogP contribution in [0.2, 0.25) is 5.15 Å². The van der Waals surface area contributed by atoms with Crippen molar-refractivity contribution in [1.29, 1.82) is 0 Å². The standard InChI is InChI=1S/C11H10ClFN2O/c1-4-11(2,3)15-10(16)8-5-7(13)6-14-9(8)12/h1,5-6H,2-3H3,(H,15,16). The number of nitrogens with one attached hydrogen (secondary N) is 1. The van der Waals surface area contributed by atoms with Gasteiger partial charge in [-0.1, -0.05) is 17.5 Å². The number of halogens is 2. The lowest BCUT2D eigenvalue weighted by Crippen LogP contribution is -2.42. The maximum Gasteiger partial charge on any atom is 0.255 e. The lowest BCUT2D eigenvalue weighted by molar-refractivity contribution is 0.0929. The Bertz CT molecular complexity index is 466. The van der Waals surface area contributed by atoms with Crippen LogP contribution in [0.4, 0.5) is 4.39 Å². The summed E-state index contributed by atoms with van der Waals surface area (Å²) in [4.78, 5) is 15.2. The molecule has 1 aromatic heterocycles. The number of pyridine rings is 1. The smallest absolute Gasteiger partial charge is 0.255 e. The maximum atomic E-state index is 12.9. The molecule has 0 fully saturated rings. The van der Waals surface area contributed by atoms with E-state index in [1.54, 1.807) is 13.8 Å². The van der Waals surface area contributed by atoms with Crippen molar-refractivity contribution in [3.8, 4) is 12.3 Å². The monoisotopic (exact) mass is 240 g/mol. The molecule has 0 radical (unpaired) electrons. The molecule has 0 saturated heterocycles. The zero-order valence-electron chi connectivity index (χ0n) is 8.84. The van der Waals surface area contributed by atoms with Crippen molar-refractivity contribution in [3.05, 3.63) is 28.8 Å². The molecule has 3 nitrogen and oxygen atoms in total. The number of amides is 1. The summed E-state index contributed by atoms with van der Waals surface area (Å²) >= 11 is 5.67. The molecule has 1 amide bonds. The number of carbonyl (C=O) groups is 1. The third-order valence-electron chi connectivity index (χ3n) is 1.84. The second kappa shape index (κ2) is 4.50. The van der Waals surface area contributed by atoms with Gasteiger partial charge in [-0.3, -0.25) is 4.79 Å². The van der Waals surface area contributed by atoms with Crippen LogP contribution in [0.5, 0.6) is 0 Å². The van der Waals surface area contributed by atoms with Gasteiger partial charge in [-0.2, -0.15) is 0 Å². The Morgan fingerprint density at radius 1 is 1.69 bits per heavy atom. The van der Waals surface area contributed by atoms with E-state index in [0.717, 1.165) is 12.3 Å². The number of aromatic nitrogens is 1. The Morgan fingerprint density at radius 2 is 2.31 bits per heavy atom. The van der Waals surface area contributed by atoms with Gasteiger partial charge in [0.25, 0.3) is 5.91 Å². The fraction of sp³-hybridized carbons (Fsp3) is 0.273. The van der Waals surface area contributed by atoms with Gasteiger partial charge in [0.1, 0.15) is 11.0 Å². The summed E-state index contributed by atoms with van der Waals surface area (Å²) in [7, 11) is 0. The van der Waals surface area contributed by atoms with E-state index >= 15 is 0 Å². The Morgan fingerprint density at radius 3 is 2.88 bits per heavy atom. The first-order chi connectivity index (χ1) is 7.35. The molecule has 0 spiro atoms. The number of rotatable bonds is 2. The van der Waals surface area contributed by atoms with E-state index in [1.807, 2.05) is 0 Å². The number of nitrogens with zero attached hydrogens (tertiary/aromatic N) is 1. The van der Waals surface area contributed by atoms with Crippen molar-refractivity contribution in [2.24, 2.45) is 0 Å². The molecule has 16 heavy (non-hydrogen) atoms. The quantitative estimate of drug-likeness (QED) is 0.635. The van der Waals surface area contributed by atoms with Gasteiger partial charge in [-0.05, 0) is 19.9 Å². The molecule has 1 heterocycles. The first-order valence-corrected chi connectivity index (χ1v) is 4.85. The van der Waals surface area contributed by atoms with Gasteiger partial charge in [0.05, 0.1) is 17.3 Å². The van der Waals surface area contributed by atoms with Gasteiger partial charge >= 0.3 is 0 Å². The first kappa shape index (κ1) is 12.5. The molecule has 1 rings (SSSR count). The van der Waals surface area contributed by atoms with Gasteiger partial charge in [0.15, 0.2) is 0 Å². The highest BCUT2D eigenvalue weighted by Gasteiger charge is 2.20. The van der Waals surface area contributed by atoms with E-state index in [4.69, 9.17) is 18.0 Å². The molecule has 0 bridgehead atoms. The third-order valence-corrected chi connectivity index (χ3v) is 2.14. The Balaban J connectivity index is 2.98. The Hall–Kier alpha value is -1.60. The number of terminal acetylenes is 1. The van der Waals surface area contributed by atoms with Crippen molar-refractivity contribution in [3.63, 3.8) is 0 Å². The van der Waals surface area contributed by atoms with Crippen LogP contribution in [-0.2, 0) is 0 Å². The molecule has 0 saturated carbocycles. The van der Waals surface area contributed by atoms with E-state index in [0.29, 0.717) is 0 Å². The number of hydrogen-bond acceptors (Lipinski definition) is 2. The molecule has 0 aromatic carbocycles. The second-order valence-electron chi connectivity index (χ2n) is 3.72. The molecule has 1 N–H and O–H groups in total. The molecule has 84 valence electrons. The van der Waals surface area contributed by atoms with Gasteiger partial charge in [0, 0.05) is 0 Å². The van der Waals surface area contributed by atoms with E-state index < -0.39 is 17.3 Å². The van der Waals surface area contributed by atoms with Gasteiger partial charge in [0.2, 0.25) is 0 Å². The minimum atomic E-state index is -0.827. The summed E-state index contributed by atoms with van der Waals surface area (Å²) in [5, 5.41) is 2.46.